The summed E-state index contributed by atoms with van der Waals surface area (Å²) >= 11 is 0. The predicted molar refractivity (Wildman–Crippen MR) is 171 cm³/mol. The molecule has 2 aliphatic heterocycles. The maximum Gasteiger partial charge on any atom is 0.334 e. The molecule has 2 rings (SSSR count). The Kier molecular flexibility index (Phi) is 20.0. The molecule has 0 spiro atoms. The molecule has 6 N–H and O–H groups in total. The van der Waals surface area contributed by atoms with Crippen LogP contribution in [0.5, 0.6) is 0 Å². The first-order valence-corrected chi connectivity index (χ1v) is 17.8. The molecule has 0 aromatic heterocycles. The minimum atomic E-state index is -0.959. The molecule has 258 valence electrons. The van der Waals surface area contributed by atoms with Gasteiger partial charge in [-0.2, -0.15) is 0 Å². The Balaban J connectivity index is 1.50. The van der Waals surface area contributed by atoms with Crippen LogP contribution in [-0.4, -0.2) is 91.5 Å². The van der Waals surface area contributed by atoms with Gasteiger partial charge in [-0.15, -0.1) is 0 Å². The average Bonchev–Trinajstić information content (AvgIpc) is 3.60. The highest BCUT2D eigenvalue weighted by atomic mass is 16.5. The van der Waals surface area contributed by atoms with Crippen molar-refractivity contribution in [1.82, 2.24) is 0 Å². The normalized spacial score (nSPS) is 24.5. The third-order valence-corrected chi connectivity index (χ3v) is 9.34. The number of cyclic esters (lactones) is 1. The van der Waals surface area contributed by atoms with Gasteiger partial charge < -0.3 is 40.1 Å². The summed E-state index contributed by atoms with van der Waals surface area (Å²) in [6, 6.07) is 0. The van der Waals surface area contributed by atoms with Gasteiger partial charge in [0.25, 0.3) is 0 Å². The van der Waals surface area contributed by atoms with Gasteiger partial charge in [-0.1, -0.05) is 71.1 Å². The van der Waals surface area contributed by atoms with Crippen molar-refractivity contribution in [2.45, 2.75) is 204 Å². The number of carbonyl (C=O) groups is 1. The lowest BCUT2D eigenvalue weighted by Gasteiger charge is -2.23. The number of unbranched alkanes of at least 4 members (excludes halogenated alkanes) is 9. The van der Waals surface area contributed by atoms with Gasteiger partial charge in [0.05, 0.1) is 48.8 Å². The molecule has 44 heavy (non-hydrogen) atoms. The van der Waals surface area contributed by atoms with Gasteiger partial charge in [-0.3, -0.25) is 0 Å². The van der Waals surface area contributed by atoms with Crippen molar-refractivity contribution < 1.29 is 44.9 Å². The molecular weight excluding hydrogens is 564 g/mol. The van der Waals surface area contributed by atoms with Crippen LogP contribution in [0.1, 0.15) is 149 Å². The zero-order chi connectivity index (χ0) is 32.3. The molecule has 1 saturated heterocycles. The van der Waals surface area contributed by atoms with Crippen molar-refractivity contribution in [3.63, 3.8) is 0 Å². The van der Waals surface area contributed by atoms with E-state index in [4.69, 9.17) is 9.47 Å². The van der Waals surface area contributed by atoms with Crippen LogP contribution in [0.3, 0.4) is 0 Å². The lowest BCUT2D eigenvalue weighted by molar-refractivity contribution is -0.139. The van der Waals surface area contributed by atoms with Crippen molar-refractivity contribution in [3.05, 3.63) is 11.6 Å². The van der Waals surface area contributed by atoms with E-state index < -0.39 is 42.6 Å². The van der Waals surface area contributed by atoms with E-state index in [2.05, 4.69) is 6.92 Å². The summed E-state index contributed by atoms with van der Waals surface area (Å²) < 4.78 is 11.1. The van der Waals surface area contributed by atoms with E-state index in [1.807, 2.05) is 0 Å². The van der Waals surface area contributed by atoms with Gasteiger partial charge >= 0.3 is 5.97 Å². The molecule has 9 nitrogen and oxygen atoms in total. The van der Waals surface area contributed by atoms with Crippen LogP contribution in [0.2, 0.25) is 0 Å². The number of rotatable bonds is 26. The number of hydrogen-bond acceptors (Lipinski definition) is 9. The van der Waals surface area contributed by atoms with Crippen molar-refractivity contribution in [1.29, 1.82) is 0 Å². The van der Waals surface area contributed by atoms with Crippen LogP contribution in [-0.2, 0) is 14.3 Å². The van der Waals surface area contributed by atoms with Crippen LogP contribution in [0.15, 0.2) is 11.6 Å². The van der Waals surface area contributed by atoms with E-state index in [-0.39, 0.29) is 37.6 Å². The number of aliphatic hydroxyl groups is 6. The van der Waals surface area contributed by atoms with Crippen LogP contribution < -0.4 is 0 Å². The topological polar surface area (TPSA) is 157 Å². The molecule has 0 saturated carbocycles. The number of esters is 1. The number of aliphatic hydroxyl groups excluding tert-OH is 6. The summed E-state index contributed by atoms with van der Waals surface area (Å²) in [4.78, 5) is 11.7. The van der Waals surface area contributed by atoms with Crippen LogP contribution in [0, 0.1) is 0 Å². The van der Waals surface area contributed by atoms with Crippen LogP contribution in [0.4, 0.5) is 0 Å². The molecule has 0 aromatic rings. The highest BCUT2D eigenvalue weighted by Gasteiger charge is 2.31. The Morgan fingerprint density at radius 3 is 1.84 bits per heavy atom. The zero-order valence-corrected chi connectivity index (χ0v) is 27.5. The van der Waals surface area contributed by atoms with Gasteiger partial charge in [0, 0.05) is 12.0 Å². The maximum absolute atomic E-state index is 11.7. The summed E-state index contributed by atoms with van der Waals surface area (Å²) in [6.07, 6.45) is 13.8. The maximum atomic E-state index is 11.7. The van der Waals surface area contributed by atoms with E-state index in [0.717, 1.165) is 25.7 Å². The van der Waals surface area contributed by atoms with Crippen molar-refractivity contribution in [2.75, 3.05) is 0 Å². The van der Waals surface area contributed by atoms with Crippen LogP contribution >= 0.6 is 0 Å². The molecular formula is C35H64O9. The summed E-state index contributed by atoms with van der Waals surface area (Å²) in [6.45, 7) is 3.99. The second-order valence-corrected chi connectivity index (χ2v) is 13.4. The van der Waals surface area contributed by atoms with E-state index in [1.54, 1.807) is 13.0 Å². The average molecular weight is 629 g/mol. The number of ether oxygens (including phenoxy) is 2. The van der Waals surface area contributed by atoms with Gasteiger partial charge in [-0.05, 0) is 77.2 Å². The Bertz CT molecular complexity index is 790. The molecule has 9 atom stereocenters. The summed E-state index contributed by atoms with van der Waals surface area (Å²) in [7, 11) is 0. The Morgan fingerprint density at radius 2 is 1.25 bits per heavy atom. The highest BCUT2D eigenvalue weighted by molar-refractivity contribution is 5.90. The first kappa shape index (κ1) is 39.1. The SMILES string of the molecule is CCCCCCCCCCCC[C@@H](O)[C@H](O)CC[C@H](O)[C@@H]1CC[C@@H](CCC[C@@H](O)[C@H](O)CC[C@@H](O)CC2=C[C@H](C)OC2=O)O1. The lowest BCUT2D eigenvalue weighted by Crippen LogP contribution is -2.31. The molecule has 0 amide bonds. The monoisotopic (exact) mass is 628 g/mol. The molecule has 0 aliphatic carbocycles. The van der Waals surface area contributed by atoms with Gasteiger partial charge in [0.15, 0.2) is 0 Å². The van der Waals surface area contributed by atoms with Gasteiger partial charge in [-0.25, -0.2) is 4.79 Å². The molecule has 2 aliphatic rings. The fourth-order valence-electron chi connectivity index (χ4n) is 6.42. The van der Waals surface area contributed by atoms with Crippen molar-refractivity contribution in [3.8, 4) is 0 Å². The van der Waals surface area contributed by atoms with E-state index in [1.165, 1.54) is 51.4 Å². The van der Waals surface area contributed by atoms with E-state index >= 15 is 0 Å². The van der Waals surface area contributed by atoms with Crippen molar-refractivity contribution >= 4 is 5.97 Å². The molecule has 0 radical (unpaired) electrons. The second kappa shape index (κ2) is 22.5. The number of hydrogen-bond donors (Lipinski definition) is 6. The van der Waals surface area contributed by atoms with E-state index in [9.17, 15) is 35.4 Å². The number of carbonyl (C=O) groups excluding carboxylic acids is 1. The first-order chi connectivity index (χ1) is 21.1. The summed E-state index contributed by atoms with van der Waals surface area (Å²) in [5.74, 6) is -0.410. The van der Waals surface area contributed by atoms with Gasteiger partial charge in [0.2, 0.25) is 0 Å². The van der Waals surface area contributed by atoms with E-state index in [0.29, 0.717) is 44.1 Å². The van der Waals surface area contributed by atoms with Crippen molar-refractivity contribution in [2.24, 2.45) is 0 Å². The lowest BCUT2D eigenvalue weighted by atomic mass is 9.97. The minimum Gasteiger partial charge on any atom is -0.455 e. The largest absolute Gasteiger partial charge is 0.455 e. The Labute approximate surface area is 266 Å². The fraction of sp³-hybridized carbons (Fsp3) is 0.914. The quantitative estimate of drug-likeness (QED) is 0.0573. The molecule has 1 fully saturated rings. The Hall–Kier alpha value is -1.07. The standard InChI is InChI=1S/C35H64O9/c1-3-4-5-6-7-8-9-10-11-12-15-29(37)32(40)20-21-33(41)34-22-18-28(44-34)14-13-16-30(38)31(39)19-17-27(36)24-26-23-25(2)43-35(26)42/h23,25,27-34,36-41H,3-22,24H2,1-2H3/t25-,27+,28+,29+,30+,31+,32+,33-,34-/m0/s1. The third-order valence-electron chi connectivity index (χ3n) is 9.34. The smallest absolute Gasteiger partial charge is 0.334 e. The fourth-order valence-corrected chi connectivity index (χ4v) is 6.42. The molecule has 0 bridgehead atoms. The molecule has 9 heteroatoms. The summed E-state index contributed by atoms with van der Waals surface area (Å²) in [5, 5.41) is 62.3. The Morgan fingerprint density at radius 1 is 0.705 bits per heavy atom. The minimum absolute atomic E-state index is 0.0190. The first-order valence-electron chi connectivity index (χ1n) is 17.8. The summed E-state index contributed by atoms with van der Waals surface area (Å²) in [5.41, 5.74) is 0.452. The predicted octanol–water partition coefficient (Wildman–Crippen LogP) is 5.00. The zero-order valence-electron chi connectivity index (χ0n) is 27.5. The van der Waals surface area contributed by atoms with Gasteiger partial charge in [0.1, 0.15) is 6.10 Å². The van der Waals surface area contributed by atoms with Crippen LogP contribution in [0.25, 0.3) is 0 Å². The molecule has 0 aromatic carbocycles. The second-order valence-electron chi connectivity index (χ2n) is 13.4. The molecule has 2 heterocycles. The highest BCUT2D eigenvalue weighted by Crippen LogP contribution is 2.28. The molecule has 0 unspecified atom stereocenters. The third kappa shape index (κ3) is 16.0.